The van der Waals surface area contributed by atoms with Crippen LogP contribution in [0.15, 0.2) is 65.8 Å². The number of halogens is 1. The lowest BCUT2D eigenvalue weighted by molar-refractivity contribution is 0.262. The van der Waals surface area contributed by atoms with Gasteiger partial charge in [0, 0.05) is 22.5 Å². The summed E-state index contributed by atoms with van der Waals surface area (Å²) in [4.78, 5) is 19.7. The van der Waals surface area contributed by atoms with Crippen LogP contribution in [0.3, 0.4) is 0 Å². The summed E-state index contributed by atoms with van der Waals surface area (Å²) in [5.41, 5.74) is 0.981. The third-order valence-corrected chi connectivity index (χ3v) is 5.24. The normalized spacial score (nSPS) is 10.8. The van der Waals surface area contributed by atoms with Gasteiger partial charge in [-0.05, 0) is 48.5 Å². The van der Waals surface area contributed by atoms with Gasteiger partial charge in [0.1, 0.15) is 12.1 Å². The standard InChI is InChI=1S/C18H16ClN5O4S/c1-28-17-10-16(20-11-21-17)24-29(26,27)15-8-6-14(7-9-15)23-18(25)22-13-4-2-12(19)3-5-13/h2-11H,1H3,(H,20,21,24)(H2,22,23,25). The molecule has 3 N–H and O–H groups in total. The number of carbonyl (C=O) groups is 1. The third-order valence-electron chi connectivity index (χ3n) is 3.61. The van der Waals surface area contributed by atoms with Gasteiger partial charge in [-0.25, -0.2) is 23.2 Å². The number of ether oxygens (including phenoxy) is 1. The molecule has 0 bridgehead atoms. The van der Waals surface area contributed by atoms with Crippen molar-refractivity contribution in [3.63, 3.8) is 0 Å². The summed E-state index contributed by atoms with van der Waals surface area (Å²) < 4.78 is 32.2. The van der Waals surface area contributed by atoms with Gasteiger partial charge in [0.15, 0.2) is 0 Å². The van der Waals surface area contributed by atoms with Gasteiger partial charge in [-0.2, -0.15) is 0 Å². The van der Waals surface area contributed by atoms with E-state index in [2.05, 4.69) is 25.3 Å². The Balaban J connectivity index is 1.65. The van der Waals surface area contributed by atoms with Gasteiger partial charge in [0.25, 0.3) is 10.0 Å². The molecule has 0 unspecified atom stereocenters. The zero-order chi connectivity index (χ0) is 20.9. The molecule has 1 aromatic heterocycles. The molecule has 9 nitrogen and oxygen atoms in total. The summed E-state index contributed by atoms with van der Waals surface area (Å²) in [7, 11) is -2.46. The molecule has 0 fully saturated rings. The maximum atomic E-state index is 12.5. The zero-order valence-corrected chi connectivity index (χ0v) is 16.7. The lowest BCUT2D eigenvalue weighted by Crippen LogP contribution is -2.19. The molecule has 2 amide bonds. The first-order valence-electron chi connectivity index (χ1n) is 8.18. The highest BCUT2D eigenvalue weighted by molar-refractivity contribution is 7.92. The molecule has 0 saturated carbocycles. The Kier molecular flexibility index (Phi) is 6.15. The van der Waals surface area contributed by atoms with Crippen molar-refractivity contribution in [1.82, 2.24) is 9.97 Å². The van der Waals surface area contributed by atoms with Crippen LogP contribution in [0.2, 0.25) is 5.02 Å². The number of anilines is 3. The van der Waals surface area contributed by atoms with E-state index in [1.807, 2.05) is 0 Å². The van der Waals surface area contributed by atoms with Crippen LogP contribution >= 0.6 is 11.6 Å². The fourth-order valence-corrected chi connectivity index (χ4v) is 3.37. The summed E-state index contributed by atoms with van der Waals surface area (Å²) >= 11 is 5.80. The quantitative estimate of drug-likeness (QED) is 0.546. The Hall–Kier alpha value is -3.37. The summed E-state index contributed by atoms with van der Waals surface area (Å²) in [5, 5.41) is 5.81. The predicted molar refractivity (Wildman–Crippen MR) is 110 cm³/mol. The molecule has 0 atom stereocenters. The van der Waals surface area contributed by atoms with Gasteiger partial charge in [-0.1, -0.05) is 11.6 Å². The maximum absolute atomic E-state index is 12.5. The molecular formula is C18H16ClN5O4S. The lowest BCUT2D eigenvalue weighted by Gasteiger charge is -2.10. The van der Waals surface area contributed by atoms with Crippen LogP contribution < -0.4 is 20.1 Å². The number of hydrogen-bond acceptors (Lipinski definition) is 6. The highest BCUT2D eigenvalue weighted by atomic mass is 35.5. The van der Waals surface area contributed by atoms with Gasteiger partial charge in [0.2, 0.25) is 5.88 Å². The van der Waals surface area contributed by atoms with E-state index >= 15 is 0 Å². The molecule has 29 heavy (non-hydrogen) atoms. The van der Waals surface area contributed by atoms with Gasteiger partial charge in [0.05, 0.1) is 12.0 Å². The minimum atomic E-state index is -3.87. The second kappa shape index (κ2) is 8.76. The molecule has 150 valence electrons. The van der Waals surface area contributed by atoms with E-state index in [1.54, 1.807) is 24.3 Å². The monoisotopic (exact) mass is 433 g/mol. The van der Waals surface area contributed by atoms with Crippen molar-refractivity contribution in [3.8, 4) is 5.88 Å². The Labute approximate surface area is 172 Å². The number of rotatable bonds is 6. The second-order valence-corrected chi connectivity index (χ2v) is 7.78. The first kappa shape index (κ1) is 20.4. The summed E-state index contributed by atoms with van der Waals surface area (Å²) in [5.74, 6) is 0.297. The second-order valence-electron chi connectivity index (χ2n) is 5.66. The van der Waals surface area contributed by atoms with Crippen LogP contribution in [-0.2, 0) is 10.0 Å². The summed E-state index contributed by atoms with van der Waals surface area (Å²) in [6.07, 6.45) is 1.18. The average Bonchev–Trinajstić information content (AvgIpc) is 2.70. The largest absolute Gasteiger partial charge is 0.481 e. The number of nitrogens with one attached hydrogen (secondary N) is 3. The minimum absolute atomic E-state index is 0.00117. The molecule has 0 aliphatic heterocycles. The smallest absolute Gasteiger partial charge is 0.323 e. The number of urea groups is 1. The van der Waals surface area contributed by atoms with Crippen LogP contribution in [0.5, 0.6) is 5.88 Å². The number of benzene rings is 2. The molecule has 0 saturated heterocycles. The number of carbonyl (C=O) groups excluding carboxylic acids is 1. The maximum Gasteiger partial charge on any atom is 0.323 e. The van der Waals surface area contributed by atoms with Crippen molar-refractivity contribution in [1.29, 1.82) is 0 Å². The molecule has 11 heteroatoms. The van der Waals surface area contributed by atoms with Crippen LogP contribution in [0.4, 0.5) is 22.0 Å². The summed E-state index contributed by atoms with van der Waals surface area (Å²) in [6, 6.07) is 13.2. The van der Waals surface area contributed by atoms with Gasteiger partial charge < -0.3 is 15.4 Å². The Morgan fingerprint density at radius 1 is 0.966 bits per heavy atom. The van der Waals surface area contributed by atoms with E-state index < -0.39 is 16.1 Å². The van der Waals surface area contributed by atoms with E-state index in [0.717, 1.165) is 0 Å². The first-order chi connectivity index (χ1) is 13.9. The molecule has 0 spiro atoms. The molecule has 0 radical (unpaired) electrons. The van der Waals surface area contributed by atoms with E-state index in [1.165, 1.54) is 43.8 Å². The highest BCUT2D eigenvalue weighted by Gasteiger charge is 2.15. The van der Waals surface area contributed by atoms with Gasteiger partial charge in [-0.15, -0.1) is 0 Å². The molecule has 2 aromatic carbocycles. The number of aromatic nitrogens is 2. The van der Waals surface area contributed by atoms with Crippen LogP contribution in [0.1, 0.15) is 0 Å². The minimum Gasteiger partial charge on any atom is -0.481 e. The predicted octanol–water partition coefficient (Wildman–Crippen LogP) is 3.58. The Morgan fingerprint density at radius 2 is 1.55 bits per heavy atom. The fraction of sp³-hybridized carbons (Fsp3) is 0.0556. The molecular weight excluding hydrogens is 418 g/mol. The van der Waals surface area contributed by atoms with E-state index in [4.69, 9.17) is 16.3 Å². The molecule has 3 aromatic rings. The third kappa shape index (κ3) is 5.56. The van der Waals surface area contributed by atoms with E-state index in [0.29, 0.717) is 16.4 Å². The molecule has 0 aliphatic carbocycles. The van der Waals surface area contributed by atoms with Crippen molar-refractivity contribution in [2.75, 3.05) is 22.5 Å². The van der Waals surface area contributed by atoms with Crippen LogP contribution in [-0.4, -0.2) is 31.5 Å². The molecule has 1 heterocycles. The fourth-order valence-electron chi connectivity index (χ4n) is 2.25. The number of hydrogen-bond donors (Lipinski definition) is 3. The highest BCUT2D eigenvalue weighted by Crippen LogP contribution is 2.19. The number of nitrogens with zero attached hydrogens (tertiary/aromatic N) is 2. The zero-order valence-electron chi connectivity index (χ0n) is 15.1. The summed E-state index contributed by atoms with van der Waals surface area (Å²) in [6.45, 7) is 0. The van der Waals surface area contributed by atoms with Crippen molar-refractivity contribution >= 4 is 44.8 Å². The van der Waals surface area contributed by atoms with Crippen molar-refractivity contribution in [3.05, 3.63) is 65.9 Å². The van der Waals surface area contributed by atoms with Crippen LogP contribution in [0, 0.1) is 0 Å². The first-order valence-corrected chi connectivity index (χ1v) is 10.0. The van der Waals surface area contributed by atoms with Crippen molar-refractivity contribution in [2.45, 2.75) is 4.90 Å². The average molecular weight is 434 g/mol. The topological polar surface area (TPSA) is 122 Å². The van der Waals surface area contributed by atoms with Crippen LogP contribution in [0.25, 0.3) is 0 Å². The van der Waals surface area contributed by atoms with Crippen molar-refractivity contribution in [2.24, 2.45) is 0 Å². The van der Waals surface area contributed by atoms with Gasteiger partial charge in [-0.3, -0.25) is 4.72 Å². The number of sulfonamides is 1. The van der Waals surface area contributed by atoms with Crippen molar-refractivity contribution < 1.29 is 17.9 Å². The SMILES string of the molecule is COc1cc(NS(=O)(=O)c2ccc(NC(=O)Nc3ccc(Cl)cc3)cc2)ncn1. The Bertz CT molecular complexity index is 1110. The number of amides is 2. The molecule has 3 rings (SSSR count). The molecule has 0 aliphatic rings. The van der Waals surface area contributed by atoms with Gasteiger partial charge >= 0.3 is 6.03 Å². The van der Waals surface area contributed by atoms with E-state index in [-0.39, 0.29) is 16.6 Å². The number of methoxy groups -OCH3 is 1. The Morgan fingerprint density at radius 3 is 2.14 bits per heavy atom. The van der Waals surface area contributed by atoms with E-state index in [9.17, 15) is 13.2 Å². The lowest BCUT2D eigenvalue weighted by atomic mass is 10.3.